The fourth-order valence-corrected chi connectivity index (χ4v) is 9.01. The molecular formula is C43H50N4+2. The third-order valence-corrected chi connectivity index (χ3v) is 11.6. The third-order valence-electron chi connectivity index (χ3n) is 11.6. The fraction of sp³-hybridized carbons (Fsp3) is 0.395. The van der Waals surface area contributed by atoms with Crippen molar-refractivity contribution in [3.05, 3.63) is 96.1 Å². The molecule has 4 heteroatoms. The van der Waals surface area contributed by atoms with Gasteiger partial charge in [0.05, 0.1) is 38.3 Å². The number of benzene rings is 4. The van der Waals surface area contributed by atoms with Crippen LogP contribution in [0.4, 0.5) is 0 Å². The quantitative estimate of drug-likeness (QED) is 0.158. The van der Waals surface area contributed by atoms with E-state index in [2.05, 4.69) is 131 Å². The normalized spacial score (nSPS) is 16.2. The zero-order valence-corrected chi connectivity index (χ0v) is 28.8. The predicted molar refractivity (Wildman–Crippen MR) is 194 cm³/mol. The summed E-state index contributed by atoms with van der Waals surface area (Å²) in [6, 6.07) is 32.1. The number of nitrogens with zero attached hydrogens (tertiary/aromatic N) is 4. The van der Waals surface area contributed by atoms with Crippen molar-refractivity contribution in [1.29, 1.82) is 0 Å². The number of para-hydroxylation sites is 2. The molecule has 2 fully saturated rings. The summed E-state index contributed by atoms with van der Waals surface area (Å²) in [7, 11) is 4.51. The van der Waals surface area contributed by atoms with Crippen LogP contribution in [0.2, 0.25) is 0 Å². The van der Waals surface area contributed by atoms with E-state index in [4.69, 9.17) is 0 Å². The lowest BCUT2D eigenvalue weighted by atomic mass is 9.89. The Morgan fingerprint density at radius 1 is 0.617 bits per heavy atom. The lowest BCUT2D eigenvalue weighted by molar-refractivity contribution is -0.668. The summed E-state index contributed by atoms with van der Waals surface area (Å²) in [6.07, 6.45) is 12.3. The van der Waals surface area contributed by atoms with Crippen LogP contribution in [0.15, 0.2) is 84.9 Å². The van der Waals surface area contributed by atoms with Crippen molar-refractivity contribution in [2.24, 2.45) is 25.9 Å². The summed E-state index contributed by atoms with van der Waals surface area (Å²) in [5.74, 6) is 4.18. The summed E-state index contributed by atoms with van der Waals surface area (Å²) >= 11 is 0. The Bertz CT molecular complexity index is 2080. The van der Waals surface area contributed by atoms with Crippen LogP contribution in [0.3, 0.4) is 0 Å². The molecule has 0 amide bonds. The van der Waals surface area contributed by atoms with E-state index in [9.17, 15) is 0 Å². The van der Waals surface area contributed by atoms with Crippen molar-refractivity contribution in [3.63, 3.8) is 0 Å². The average Bonchev–Trinajstić information content (AvgIpc) is 3.78. The molecule has 4 nitrogen and oxygen atoms in total. The second kappa shape index (κ2) is 12.4. The van der Waals surface area contributed by atoms with E-state index in [1.54, 1.807) is 0 Å². The highest BCUT2D eigenvalue weighted by molar-refractivity contribution is 5.84. The molecule has 47 heavy (non-hydrogen) atoms. The van der Waals surface area contributed by atoms with Gasteiger partial charge >= 0.3 is 0 Å². The van der Waals surface area contributed by atoms with Crippen molar-refractivity contribution < 1.29 is 9.13 Å². The first kappa shape index (κ1) is 30.2. The molecule has 240 valence electrons. The van der Waals surface area contributed by atoms with Gasteiger partial charge in [-0.1, -0.05) is 74.6 Å². The Kier molecular flexibility index (Phi) is 7.99. The summed E-state index contributed by atoms with van der Waals surface area (Å²) in [5.41, 5.74) is 13.2. The number of hydrogen-bond donors (Lipinski definition) is 0. The number of hydrogen-bond acceptors (Lipinski definition) is 0. The molecule has 2 aromatic heterocycles. The Morgan fingerprint density at radius 3 is 2.06 bits per heavy atom. The first-order valence-corrected chi connectivity index (χ1v) is 18.1. The zero-order valence-electron chi connectivity index (χ0n) is 28.8. The smallest absolute Gasteiger partial charge is 0.226 e. The number of imidazole rings is 2. The SMILES string of the molecule is Cc1cc(-c2ccc3c(c2)n(C)c(-c2ccccc2C)[n+]3CC2CCCCC2)ccc1-c1n(CC2CCCC2)c2ccccc2[n+]1C. The van der Waals surface area contributed by atoms with Crippen LogP contribution in [0, 0.1) is 25.7 Å². The zero-order chi connectivity index (χ0) is 32.1. The van der Waals surface area contributed by atoms with Gasteiger partial charge in [0, 0.05) is 0 Å². The third kappa shape index (κ3) is 5.40. The lowest BCUT2D eigenvalue weighted by Gasteiger charge is -2.20. The Hall–Kier alpha value is -4.18. The molecule has 2 aliphatic rings. The monoisotopic (exact) mass is 622 g/mol. The van der Waals surface area contributed by atoms with Gasteiger partial charge in [-0.25, -0.2) is 18.3 Å². The molecule has 2 heterocycles. The van der Waals surface area contributed by atoms with E-state index < -0.39 is 0 Å². The molecule has 0 saturated heterocycles. The highest BCUT2D eigenvalue weighted by atomic mass is 15.2. The Balaban J connectivity index is 1.21. The van der Waals surface area contributed by atoms with E-state index in [0.29, 0.717) is 0 Å². The van der Waals surface area contributed by atoms with Crippen LogP contribution in [-0.2, 0) is 27.2 Å². The van der Waals surface area contributed by atoms with E-state index >= 15 is 0 Å². The summed E-state index contributed by atoms with van der Waals surface area (Å²) in [6.45, 7) is 6.75. The molecule has 4 aromatic carbocycles. The first-order chi connectivity index (χ1) is 23.0. The maximum Gasteiger partial charge on any atom is 0.289 e. The van der Waals surface area contributed by atoms with Gasteiger partial charge in [-0.15, -0.1) is 0 Å². The lowest BCUT2D eigenvalue weighted by Crippen LogP contribution is -2.40. The largest absolute Gasteiger partial charge is 0.289 e. The van der Waals surface area contributed by atoms with Gasteiger partial charge in [0.1, 0.15) is 0 Å². The molecule has 0 aliphatic heterocycles. The average molecular weight is 623 g/mol. The number of aryl methyl sites for hydroxylation is 4. The molecule has 0 N–H and O–H groups in total. The molecule has 6 aromatic rings. The van der Waals surface area contributed by atoms with Gasteiger partial charge in [-0.3, -0.25) is 0 Å². The second-order valence-corrected chi connectivity index (χ2v) is 14.7. The van der Waals surface area contributed by atoms with Crippen molar-refractivity contribution in [2.45, 2.75) is 84.7 Å². The minimum Gasteiger partial charge on any atom is -0.226 e. The van der Waals surface area contributed by atoms with Gasteiger partial charge in [0.15, 0.2) is 22.1 Å². The van der Waals surface area contributed by atoms with E-state index in [0.717, 1.165) is 24.9 Å². The summed E-state index contributed by atoms with van der Waals surface area (Å²) in [5, 5.41) is 0. The van der Waals surface area contributed by atoms with Gasteiger partial charge < -0.3 is 0 Å². The van der Waals surface area contributed by atoms with Crippen molar-refractivity contribution in [3.8, 4) is 33.9 Å². The van der Waals surface area contributed by atoms with Crippen LogP contribution in [0.1, 0.15) is 68.9 Å². The van der Waals surface area contributed by atoms with Crippen LogP contribution >= 0.6 is 0 Å². The van der Waals surface area contributed by atoms with E-state index in [-0.39, 0.29) is 0 Å². The molecular weight excluding hydrogens is 573 g/mol. The number of aromatic nitrogens is 4. The number of fused-ring (bicyclic) bond motifs is 2. The van der Waals surface area contributed by atoms with Crippen LogP contribution < -0.4 is 9.13 Å². The topological polar surface area (TPSA) is 17.6 Å². The minimum absolute atomic E-state index is 0.752. The highest BCUT2D eigenvalue weighted by Gasteiger charge is 2.30. The van der Waals surface area contributed by atoms with Gasteiger partial charge in [-0.2, -0.15) is 0 Å². The second-order valence-electron chi connectivity index (χ2n) is 14.7. The highest BCUT2D eigenvalue weighted by Crippen LogP contribution is 2.35. The Morgan fingerprint density at radius 2 is 1.28 bits per heavy atom. The number of rotatable bonds is 7. The van der Waals surface area contributed by atoms with Crippen molar-refractivity contribution in [1.82, 2.24) is 9.13 Å². The maximum absolute atomic E-state index is 2.63. The van der Waals surface area contributed by atoms with Crippen LogP contribution in [0.25, 0.3) is 56.0 Å². The fourth-order valence-electron chi connectivity index (χ4n) is 9.01. The van der Waals surface area contributed by atoms with E-state index in [1.165, 1.54) is 125 Å². The molecule has 2 aliphatic carbocycles. The molecule has 2 saturated carbocycles. The molecule has 0 atom stereocenters. The van der Waals surface area contributed by atoms with Crippen LogP contribution in [-0.4, -0.2) is 9.13 Å². The van der Waals surface area contributed by atoms with E-state index in [1.807, 2.05) is 0 Å². The van der Waals surface area contributed by atoms with Gasteiger partial charge in [-0.05, 0) is 116 Å². The molecule has 0 spiro atoms. The Labute approximate surface area is 280 Å². The van der Waals surface area contributed by atoms with Gasteiger partial charge in [0.25, 0.3) is 11.6 Å². The predicted octanol–water partition coefficient (Wildman–Crippen LogP) is 9.63. The summed E-state index contributed by atoms with van der Waals surface area (Å²) in [4.78, 5) is 0. The van der Waals surface area contributed by atoms with Crippen molar-refractivity contribution >= 4 is 22.1 Å². The standard InChI is InChI=1S/C43H50N4/c1-30-14-8-11-19-36(30)42-45(4)41-27-35(23-25-40(41)47(42)29-32-15-6-5-7-16-32)34-22-24-37(31(2)26-34)43-44(3)38-20-12-13-21-39(38)46(43)28-33-17-9-10-18-33/h8,11-14,19-27,32-33H,5-7,9-10,15-18,28-29H2,1-4H3/q+2. The first-order valence-electron chi connectivity index (χ1n) is 18.1. The van der Waals surface area contributed by atoms with Gasteiger partial charge in [0.2, 0.25) is 0 Å². The molecule has 0 radical (unpaired) electrons. The molecule has 0 unspecified atom stereocenters. The summed E-state index contributed by atoms with van der Waals surface area (Å²) < 4.78 is 10.1. The maximum atomic E-state index is 2.63. The molecule has 8 rings (SSSR count). The minimum atomic E-state index is 0.752. The molecule has 0 bridgehead atoms. The van der Waals surface area contributed by atoms with Crippen LogP contribution in [0.5, 0.6) is 0 Å². The van der Waals surface area contributed by atoms with Crippen molar-refractivity contribution in [2.75, 3.05) is 0 Å².